The van der Waals surface area contributed by atoms with Gasteiger partial charge in [-0.3, -0.25) is 4.79 Å². The number of nitrogens with zero attached hydrogens (tertiary/aromatic N) is 1. The van der Waals surface area contributed by atoms with Crippen molar-refractivity contribution >= 4 is 11.9 Å². The van der Waals surface area contributed by atoms with E-state index in [2.05, 4.69) is 15.6 Å². The number of carbonyl (C=O) groups is 1. The maximum Gasteiger partial charge on any atom is 0.254 e. The molecule has 2 saturated carbocycles. The number of hydrogen-bond acceptors (Lipinski definition) is 15. The Bertz CT molecular complexity index is 994. The van der Waals surface area contributed by atoms with Crippen molar-refractivity contribution in [2.24, 2.45) is 39.6 Å². The summed E-state index contributed by atoms with van der Waals surface area (Å²) in [6, 6.07) is -4.68. The molecule has 0 aromatic carbocycles. The average molecular weight is 621 g/mol. The van der Waals surface area contributed by atoms with Gasteiger partial charge >= 0.3 is 0 Å². The SMILES string of the molecule is CCNC[C@H]1O[C@H](C2[C@@H](N)C[C@@H](NC(=O)C3(O)CC3N=C(N)N)[C@H](O[C@H]3O[C@H](CO)[C@@H](O)[C@H](N)[C@H]3O)[C@H]2O)[C@H](N)C[C@@H]1O. The van der Waals surface area contributed by atoms with Crippen molar-refractivity contribution in [1.29, 1.82) is 0 Å². The molecule has 18 heteroatoms. The van der Waals surface area contributed by atoms with Crippen LogP contribution in [0.2, 0.25) is 0 Å². The van der Waals surface area contributed by atoms with Crippen LogP contribution in [-0.2, 0) is 19.0 Å². The lowest BCUT2D eigenvalue weighted by atomic mass is 9.72. The molecule has 3 unspecified atom stereocenters. The number of nitrogens with two attached hydrogens (primary N) is 5. The smallest absolute Gasteiger partial charge is 0.254 e. The van der Waals surface area contributed by atoms with Gasteiger partial charge in [-0.2, -0.15) is 0 Å². The van der Waals surface area contributed by atoms with Gasteiger partial charge in [0.1, 0.15) is 24.4 Å². The first-order chi connectivity index (χ1) is 20.2. The van der Waals surface area contributed by atoms with Crippen LogP contribution in [0.25, 0.3) is 0 Å². The van der Waals surface area contributed by atoms with Gasteiger partial charge in [-0.05, 0) is 19.4 Å². The summed E-state index contributed by atoms with van der Waals surface area (Å²) in [5.41, 5.74) is 27.8. The van der Waals surface area contributed by atoms with Crippen LogP contribution in [-0.4, -0.2) is 153 Å². The fourth-order valence-electron chi connectivity index (χ4n) is 6.34. The first-order valence-electron chi connectivity index (χ1n) is 14.6. The molecule has 2 saturated heterocycles. The van der Waals surface area contributed by atoms with Crippen molar-refractivity contribution in [2.75, 3.05) is 19.7 Å². The second-order valence-corrected chi connectivity index (χ2v) is 12.0. The second-order valence-electron chi connectivity index (χ2n) is 12.0. The van der Waals surface area contributed by atoms with Crippen LogP contribution < -0.4 is 39.3 Å². The zero-order valence-corrected chi connectivity index (χ0v) is 24.1. The van der Waals surface area contributed by atoms with Crippen LogP contribution in [0.5, 0.6) is 0 Å². The summed E-state index contributed by atoms with van der Waals surface area (Å²) in [5.74, 6) is -1.99. The van der Waals surface area contributed by atoms with Crippen LogP contribution >= 0.6 is 0 Å². The van der Waals surface area contributed by atoms with Crippen molar-refractivity contribution < 1.29 is 49.6 Å². The molecule has 2 aliphatic carbocycles. The Balaban J connectivity index is 1.59. The quantitative estimate of drug-likeness (QED) is 0.0796. The number of hydrogen-bond donors (Lipinski definition) is 13. The predicted molar refractivity (Wildman–Crippen MR) is 150 cm³/mol. The third kappa shape index (κ3) is 7.06. The minimum Gasteiger partial charge on any atom is -0.394 e. The average Bonchev–Trinajstić information content (AvgIpc) is 3.60. The van der Waals surface area contributed by atoms with E-state index in [1.165, 1.54) is 0 Å². The van der Waals surface area contributed by atoms with Gasteiger partial charge in [0.15, 0.2) is 17.9 Å². The zero-order valence-electron chi connectivity index (χ0n) is 24.1. The van der Waals surface area contributed by atoms with Gasteiger partial charge in [0, 0.05) is 31.0 Å². The molecule has 4 fully saturated rings. The van der Waals surface area contributed by atoms with E-state index in [1.807, 2.05) is 6.92 Å². The van der Waals surface area contributed by atoms with Gasteiger partial charge in [0.05, 0.1) is 49.1 Å². The number of amides is 1. The van der Waals surface area contributed by atoms with Crippen LogP contribution in [0.3, 0.4) is 0 Å². The number of ether oxygens (including phenoxy) is 3. The highest BCUT2D eigenvalue weighted by Gasteiger charge is 2.61. The van der Waals surface area contributed by atoms with Gasteiger partial charge in [0.25, 0.3) is 5.91 Å². The molecule has 4 rings (SSSR count). The Morgan fingerprint density at radius 3 is 2.35 bits per heavy atom. The van der Waals surface area contributed by atoms with E-state index in [0.29, 0.717) is 13.1 Å². The van der Waals surface area contributed by atoms with Gasteiger partial charge in [-0.25, -0.2) is 4.99 Å². The highest BCUT2D eigenvalue weighted by molar-refractivity contribution is 5.90. The Morgan fingerprint density at radius 1 is 1.02 bits per heavy atom. The standard InChI is InChI=1S/C25H48N8O10/c1-2-31-6-12-11(35)4-9(27)20(41-12)15-8(26)3-10(32-23(39)25(40)5-14(25)33-24(29)30)21(18(15)37)43-22-19(38)16(28)17(36)13(7-34)42-22/h8-22,31,34-38,40H,2-7,26-28H2,1H3,(H,32,39)(H4,29,30,33)/t8-,9+,10+,11-,12+,13+,14?,15?,16-,17+,18-,19+,20-,21-,22+,25?/m0/s1. The molecule has 18 nitrogen and oxygen atoms in total. The topological polar surface area (TPSA) is 333 Å². The molecule has 0 radical (unpaired) electrons. The maximum atomic E-state index is 13.2. The summed E-state index contributed by atoms with van der Waals surface area (Å²) in [5, 5.41) is 69.6. The van der Waals surface area contributed by atoms with E-state index in [4.69, 9.17) is 42.9 Å². The van der Waals surface area contributed by atoms with Gasteiger partial charge < -0.3 is 84.2 Å². The third-order valence-corrected chi connectivity index (χ3v) is 8.96. The molecule has 0 aromatic heterocycles. The normalized spacial score (nSPS) is 48.4. The minimum atomic E-state index is -1.90. The Kier molecular flexibility index (Phi) is 10.9. The third-order valence-electron chi connectivity index (χ3n) is 8.96. The molecule has 0 spiro atoms. The van der Waals surface area contributed by atoms with E-state index in [-0.39, 0.29) is 25.2 Å². The number of rotatable bonds is 10. The van der Waals surface area contributed by atoms with E-state index in [0.717, 1.165) is 0 Å². The maximum absolute atomic E-state index is 13.2. The summed E-state index contributed by atoms with van der Waals surface area (Å²) in [4.78, 5) is 17.0. The fourth-order valence-corrected chi connectivity index (χ4v) is 6.34. The number of aliphatic imine (C=N–C) groups is 1. The second kappa shape index (κ2) is 13.7. The number of guanidine groups is 1. The predicted octanol–water partition coefficient (Wildman–Crippen LogP) is -7.44. The molecule has 1 amide bonds. The molecule has 18 N–H and O–H groups in total. The molecule has 2 heterocycles. The number of aliphatic hydroxyl groups excluding tert-OH is 5. The lowest BCUT2D eigenvalue weighted by molar-refractivity contribution is -0.306. The lowest BCUT2D eigenvalue weighted by Gasteiger charge is -2.51. The van der Waals surface area contributed by atoms with Gasteiger partial charge in [-0.1, -0.05) is 6.92 Å². The molecule has 16 atom stereocenters. The Hall–Kier alpha value is -1.78. The van der Waals surface area contributed by atoms with Crippen LogP contribution in [0.1, 0.15) is 26.2 Å². The highest BCUT2D eigenvalue weighted by Crippen LogP contribution is 2.41. The van der Waals surface area contributed by atoms with Crippen molar-refractivity contribution in [3.8, 4) is 0 Å². The Morgan fingerprint density at radius 2 is 1.72 bits per heavy atom. The molecular formula is C25H48N8O10. The number of nitrogens with one attached hydrogen (secondary N) is 2. The first-order valence-corrected chi connectivity index (χ1v) is 14.6. The van der Waals surface area contributed by atoms with E-state index >= 15 is 0 Å². The largest absolute Gasteiger partial charge is 0.394 e. The fraction of sp³-hybridized carbons (Fsp3) is 0.920. The van der Waals surface area contributed by atoms with Gasteiger partial charge in [0.2, 0.25) is 0 Å². The molecule has 4 aliphatic rings. The zero-order chi connectivity index (χ0) is 31.8. The lowest BCUT2D eigenvalue weighted by Crippen LogP contribution is -2.70. The summed E-state index contributed by atoms with van der Waals surface area (Å²) in [6.45, 7) is 2.24. The number of aliphatic hydroxyl groups is 6. The van der Waals surface area contributed by atoms with Crippen LogP contribution in [0.15, 0.2) is 4.99 Å². The summed E-state index contributed by atoms with van der Waals surface area (Å²) in [7, 11) is 0. The van der Waals surface area contributed by atoms with Crippen molar-refractivity contribution in [2.45, 2.75) is 117 Å². The molecule has 248 valence electrons. The molecule has 2 aliphatic heterocycles. The number of carbonyl (C=O) groups excluding carboxylic acids is 1. The van der Waals surface area contributed by atoms with E-state index < -0.39 is 109 Å². The van der Waals surface area contributed by atoms with Crippen molar-refractivity contribution in [3.05, 3.63) is 0 Å². The van der Waals surface area contributed by atoms with E-state index in [9.17, 15) is 35.4 Å². The molecule has 43 heavy (non-hydrogen) atoms. The summed E-state index contributed by atoms with van der Waals surface area (Å²) >= 11 is 0. The minimum absolute atomic E-state index is 0.00904. The molecule has 0 bridgehead atoms. The van der Waals surface area contributed by atoms with Gasteiger partial charge in [-0.15, -0.1) is 0 Å². The van der Waals surface area contributed by atoms with E-state index in [1.54, 1.807) is 0 Å². The monoisotopic (exact) mass is 620 g/mol. The van der Waals surface area contributed by atoms with Crippen LogP contribution in [0, 0.1) is 5.92 Å². The Labute approximate surface area is 248 Å². The molecule has 0 aromatic rings. The van der Waals surface area contributed by atoms with Crippen LogP contribution in [0.4, 0.5) is 0 Å². The van der Waals surface area contributed by atoms with Crippen molar-refractivity contribution in [1.82, 2.24) is 10.6 Å². The molecular weight excluding hydrogens is 572 g/mol. The summed E-state index contributed by atoms with van der Waals surface area (Å²) in [6.07, 6.45) is -10.7. The van der Waals surface area contributed by atoms with Crippen molar-refractivity contribution in [3.63, 3.8) is 0 Å². The number of likely N-dealkylation sites (N-methyl/N-ethyl adjacent to an activating group) is 1. The first kappa shape index (κ1) is 34.1. The summed E-state index contributed by atoms with van der Waals surface area (Å²) < 4.78 is 17.8. The highest BCUT2D eigenvalue weighted by atomic mass is 16.7.